The van der Waals surface area contributed by atoms with Crippen LogP contribution < -0.4 is 5.32 Å². The first-order valence-electron chi connectivity index (χ1n) is 7.70. The summed E-state index contributed by atoms with van der Waals surface area (Å²) >= 11 is 7.61. The summed E-state index contributed by atoms with van der Waals surface area (Å²) in [6.07, 6.45) is 0. The fraction of sp³-hybridized carbons (Fsp3) is 0.222. The monoisotopic (exact) mass is 358 g/mol. The summed E-state index contributed by atoms with van der Waals surface area (Å²) in [6, 6.07) is 14.5. The van der Waals surface area contributed by atoms with E-state index < -0.39 is 6.04 Å². The standard InChI is InChI=1S/C18H15ClN2O2S/c19-12-5-3-4-11(8-12)9-20-16(22)15-10-24-18-14-7-2-1-6-13(14)17(23)21(15)18/h1-8,15,18H,9-10H2,(H,20,22). The molecule has 0 aromatic heterocycles. The summed E-state index contributed by atoms with van der Waals surface area (Å²) in [6.45, 7) is 0.403. The van der Waals surface area contributed by atoms with Crippen molar-refractivity contribution in [3.05, 3.63) is 70.2 Å². The van der Waals surface area contributed by atoms with Crippen LogP contribution in [0.5, 0.6) is 0 Å². The maximum Gasteiger partial charge on any atom is 0.256 e. The molecule has 6 heteroatoms. The molecule has 4 rings (SSSR count). The van der Waals surface area contributed by atoms with Crippen LogP contribution in [0, 0.1) is 0 Å². The summed E-state index contributed by atoms with van der Waals surface area (Å²) in [5.41, 5.74) is 2.66. The number of amides is 2. The highest BCUT2D eigenvalue weighted by Gasteiger charge is 2.48. The highest BCUT2D eigenvalue weighted by molar-refractivity contribution is 7.99. The van der Waals surface area contributed by atoms with Gasteiger partial charge in [0.05, 0.1) is 0 Å². The number of nitrogens with one attached hydrogen (secondary N) is 1. The average Bonchev–Trinajstić information content (AvgIpc) is 3.14. The Labute approximate surface area is 149 Å². The van der Waals surface area contributed by atoms with Crippen molar-refractivity contribution < 1.29 is 9.59 Å². The van der Waals surface area contributed by atoms with Gasteiger partial charge < -0.3 is 10.2 Å². The highest BCUT2D eigenvalue weighted by atomic mass is 35.5. The lowest BCUT2D eigenvalue weighted by Gasteiger charge is -2.22. The van der Waals surface area contributed by atoms with E-state index in [0.29, 0.717) is 22.9 Å². The van der Waals surface area contributed by atoms with Gasteiger partial charge in [-0.3, -0.25) is 9.59 Å². The molecule has 2 unspecified atom stereocenters. The maximum absolute atomic E-state index is 12.6. The lowest BCUT2D eigenvalue weighted by atomic mass is 10.1. The topological polar surface area (TPSA) is 49.4 Å². The van der Waals surface area contributed by atoms with Gasteiger partial charge in [0.2, 0.25) is 5.91 Å². The molecule has 2 amide bonds. The van der Waals surface area contributed by atoms with E-state index in [1.165, 1.54) is 0 Å². The van der Waals surface area contributed by atoms with Gasteiger partial charge in [-0.15, -0.1) is 11.8 Å². The van der Waals surface area contributed by atoms with E-state index in [0.717, 1.165) is 11.1 Å². The minimum atomic E-state index is -0.431. The first-order valence-corrected chi connectivity index (χ1v) is 9.13. The number of fused-ring (bicyclic) bond motifs is 3. The fourth-order valence-corrected chi connectivity index (χ4v) is 4.87. The highest BCUT2D eigenvalue weighted by Crippen LogP contribution is 2.48. The molecule has 2 atom stereocenters. The van der Waals surface area contributed by atoms with Crippen LogP contribution >= 0.6 is 23.4 Å². The second-order valence-corrected chi connectivity index (χ2v) is 7.40. The van der Waals surface area contributed by atoms with Crippen LogP contribution in [0.25, 0.3) is 0 Å². The third-order valence-electron chi connectivity index (χ3n) is 4.35. The van der Waals surface area contributed by atoms with Crippen molar-refractivity contribution in [2.24, 2.45) is 0 Å². The predicted molar refractivity (Wildman–Crippen MR) is 94.9 cm³/mol. The number of nitrogens with zero attached hydrogens (tertiary/aromatic N) is 1. The Morgan fingerprint density at radius 2 is 2.08 bits per heavy atom. The number of benzene rings is 2. The molecule has 0 spiro atoms. The molecule has 1 fully saturated rings. The molecule has 2 heterocycles. The third kappa shape index (κ3) is 2.58. The summed E-state index contributed by atoms with van der Waals surface area (Å²) in [5.74, 6) is 0.446. The molecule has 2 aliphatic heterocycles. The zero-order valence-corrected chi connectivity index (χ0v) is 14.3. The summed E-state index contributed by atoms with van der Waals surface area (Å²) < 4.78 is 0. The lowest BCUT2D eigenvalue weighted by Crippen LogP contribution is -2.45. The van der Waals surface area contributed by atoms with Crippen LogP contribution in [-0.4, -0.2) is 28.5 Å². The molecule has 1 N–H and O–H groups in total. The summed E-state index contributed by atoms with van der Waals surface area (Å²) in [4.78, 5) is 26.9. The predicted octanol–water partition coefficient (Wildman–Crippen LogP) is 3.23. The molecule has 2 aliphatic rings. The van der Waals surface area contributed by atoms with Crippen LogP contribution in [0.4, 0.5) is 0 Å². The van der Waals surface area contributed by atoms with Gasteiger partial charge in [0, 0.05) is 22.9 Å². The Kier molecular flexibility index (Phi) is 3.98. The minimum Gasteiger partial charge on any atom is -0.350 e. The Balaban J connectivity index is 1.48. The smallest absolute Gasteiger partial charge is 0.256 e. The van der Waals surface area contributed by atoms with Crippen molar-refractivity contribution in [3.63, 3.8) is 0 Å². The Bertz CT molecular complexity index is 826. The van der Waals surface area contributed by atoms with Gasteiger partial charge in [0.15, 0.2) is 0 Å². The van der Waals surface area contributed by atoms with Crippen molar-refractivity contribution in [2.45, 2.75) is 18.0 Å². The van der Waals surface area contributed by atoms with Crippen molar-refractivity contribution in [3.8, 4) is 0 Å². The van der Waals surface area contributed by atoms with Gasteiger partial charge in [-0.2, -0.15) is 0 Å². The second-order valence-electron chi connectivity index (χ2n) is 5.85. The molecule has 4 nitrogen and oxygen atoms in total. The van der Waals surface area contributed by atoms with Crippen LogP contribution in [0.1, 0.15) is 26.9 Å². The number of hydrogen-bond acceptors (Lipinski definition) is 3. The lowest BCUT2D eigenvalue weighted by molar-refractivity contribution is -0.124. The molecule has 0 radical (unpaired) electrons. The van der Waals surface area contributed by atoms with E-state index in [-0.39, 0.29) is 17.2 Å². The fourth-order valence-electron chi connectivity index (χ4n) is 3.20. The summed E-state index contributed by atoms with van der Waals surface area (Å²) in [7, 11) is 0. The molecule has 24 heavy (non-hydrogen) atoms. The Morgan fingerprint density at radius 1 is 1.25 bits per heavy atom. The normalized spacial score (nSPS) is 21.5. The number of rotatable bonds is 3. The second kappa shape index (κ2) is 6.15. The molecule has 2 aromatic carbocycles. The summed E-state index contributed by atoms with van der Waals surface area (Å²) in [5, 5.41) is 3.52. The third-order valence-corrected chi connectivity index (χ3v) is 5.89. The quantitative estimate of drug-likeness (QED) is 0.916. The van der Waals surface area contributed by atoms with Gasteiger partial charge in [0.25, 0.3) is 5.91 Å². The van der Waals surface area contributed by atoms with E-state index in [9.17, 15) is 9.59 Å². The molecule has 2 aromatic rings. The molecule has 0 bridgehead atoms. The Hall–Kier alpha value is -1.98. The van der Waals surface area contributed by atoms with Crippen molar-refractivity contribution >= 4 is 35.2 Å². The zero-order chi connectivity index (χ0) is 16.7. The van der Waals surface area contributed by atoms with Gasteiger partial charge >= 0.3 is 0 Å². The van der Waals surface area contributed by atoms with Crippen molar-refractivity contribution in [2.75, 3.05) is 5.75 Å². The number of carbonyl (C=O) groups excluding carboxylic acids is 2. The molecule has 1 saturated heterocycles. The van der Waals surface area contributed by atoms with E-state index in [1.54, 1.807) is 22.7 Å². The molecule has 0 saturated carbocycles. The van der Waals surface area contributed by atoms with E-state index in [4.69, 9.17) is 11.6 Å². The average molecular weight is 359 g/mol. The molecular weight excluding hydrogens is 344 g/mol. The van der Waals surface area contributed by atoms with Crippen LogP contribution in [0.2, 0.25) is 5.02 Å². The van der Waals surface area contributed by atoms with Gasteiger partial charge in [-0.25, -0.2) is 0 Å². The minimum absolute atomic E-state index is 0.0457. The number of thioether (sulfide) groups is 1. The Morgan fingerprint density at radius 3 is 2.92 bits per heavy atom. The number of hydrogen-bond donors (Lipinski definition) is 1. The van der Waals surface area contributed by atoms with Crippen molar-refractivity contribution in [1.82, 2.24) is 10.2 Å². The number of carbonyl (C=O) groups is 2. The SMILES string of the molecule is O=C(NCc1cccc(Cl)c1)C1CSC2c3ccccc3C(=O)N12. The molecule has 122 valence electrons. The number of halogens is 1. The maximum atomic E-state index is 12.6. The van der Waals surface area contributed by atoms with Crippen LogP contribution in [0.3, 0.4) is 0 Å². The zero-order valence-electron chi connectivity index (χ0n) is 12.7. The van der Waals surface area contributed by atoms with Gasteiger partial charge in [-0.1, -0.05) is 41.9 Å². The molecular formula is C18H15ClN2O2S. The van der Waals surface area contributed by atoms with E-state index in [2.05, 4.69) is 5.32 Å². The first-order chi connectivity index (χ1) is 11.6. The van der Waals surface area contributed by atoms with Gasteiger partial charge in [-0.05, 0) is 29.3 Å². The van der Waals surface area contributed by atoms with Crippen LogP contribution in [0.15, 0.2) is 48.5 Å². The van der Waals surface area contributed by atoms with E-state index in [1.807, 2.05) is 42.5 Å². The van der Waals surface area contributed by atoms with Gasteiger partial charge in [0.1, 0.15) is 11.4 Å². The van der Waals surface area contributed by atoms with Crippen molar-refractivity contribution in [1.29, 1.82) is 0 Å². The first kappa shape index (κ1) is 15.5. The van der Waals surface area contributed by atoms with Crippen LogP contribution in [-0.2, 0) is 11.3 Å². The van der Waals surface area contributed by atoms with E-state index >= 15 is 0 Å². The largest absolute Gasteiger partial charge is 0.350 e. The molecule has 0 aliphatic carbocycles.